The molecule has 0 fully saturated rings. The van der Waals surface area contributed by atoms with Crippen LogP contribution >= 0.6 is 19.4 Å². The van der Waals surface area contributed by atoms with Gasteiger partial charge in [0.25, 0.3) is 0 Å². The number of fused-ring (bicyclic) bond motifs is 1. The van der Waals surface area contributed by atoms with Crippen molar-refractivity contribution in [2.45, 2.75) is 37.3 Å². The van der Waals surface area contributed by atoms with Gasteiger partial charge in [-0.25, -0.2) is 13.0 Å². The number of benzene rings is 1. The molecule has 0 aromatic heterocycles. The number of sulfone groups is 1. The lowest BCUT2D eigenvalue weighted by Crippen LogP contribution is -2.29. The smallest absolute Gasteiger partial charge is 0.292 e. The number of phosphoric acid groups is 1. The van der Waals surface area contributed by atoms with Gasteiger partial charge in [0.2, 0.25) is 0 Å². The molecule has 1 atom stereocenters. The van der Waals surface area contributed by atoms with E-state index in [2.05, 4.69) is 5.16 Å². The second kappa shape index (κ2) is 7.54. The van der Waals surface area contributed by atoms with E-state index in [-0.39, 0.29) is 24.5 Å². The minimum atomic E-state index is -3.83. The fraction of sp³-hybridized carbons (Fsp3) is 0.500. The molecular weight excluding hydrogens is 377 g/mol. The van der Waals surface area contributed by atoms with Gasteiger partial charge < -0.3 is 0 Å². The van der Waals surface area contributed by atoms with Crippen LogP contribution in [0.5, 0.6) is 0 Å². The van der Waals surface area contributed by atoms with Gasteiger partial charge in [-0.05, 0) is 39.0 Å². The zero-order valence-electron chi connectivity index (χ0n) is 13.6. The predicted molar refractivity (Wildman–Crippen MR) is 91.2 cm³/mol. The molecule has 0 N–H and O–H groups in total. The summed E-state index contributed by atoms with van der Waals surface area (Å²) in [5, 5.41) is 3.55. The molecule has 1 aromatic carbocycles. The van der Waals surface area contributed by atoms with Crippen LogP contribution in [-0.2, 0) is 28.1 Å². The summed E-state index contributed by atoms with van der Waals surface area (Å²) in [7, 11) is -7.30. The quantitative estimate of drug-likeness (QED) is 0.537. The van der Waals surface area contributed by atoms with Crippen molar-refractivity contribution in [2.24, 2.45) is 5.16 Å². The van der Waals surface area contributed by atoms with Gasteiger partial charge in [-0.15, -0.1) is 0 Å². The summed E-state index contributed by atoms with van der Waals surface area (Å²) < 4.78 is 52.2. The van der Waals surface area contributed by atoms with Crippen molar-refractivity contribution in [3.05, 3.63) is 28.8 Å². The van der Waals surface area contributed by atoms with Crippen LogP contribution in [0.1, 0.15) is 32.8 Å². The van der Waals surface area contributed by atoms with Gasteiger partial charge in [0.15, 0.2) is 9.84 Å². The number of hydrogen-bond acceptors (Lipinski definition) is 7. The first kappa shape index (κ1) is 19.4. The summed E-state index contributed by atoms with van der Waals surface area (Å²) in [5.41, 5.74) is 0.662. The van der Waals surface area contributed by atoms with Crippen LogP contribution in [0.25, 0.3) is 0 Å². The van der Waals surface area contributed by atoms with Crippen LogP contribution < -0.4 is 0 Å². The molecule has 24 heavy (non-hydrogen) atoms. The molecule has 0 spiro atoms. The molecule has 7 nitrogen and oxygen atoms in total. The number of phosphoric ester groups is 1. The number of hydrogen-bond donors (Lipinski definition) is 0. The number of oxime groups is 1. The lowest BCUT2D eigenvalue weighted by atomic mass is 10.1. The van der Waals surface area contributed by atoms with Crippen molar-refractivity contribution < 1.29 is 26.7 Å². The number of halogens is 1. The molecular formula is C14H19ClNO6PS. The molecule has 1 aliphatic rings. The molecule has 0 amide bonds. The maximum absolute atomic E-state index is 12.4. The van der Waals surface area contributed by atoms with Gasteiger partial charge in [-0.3, -0.25) is 13.7 Å². The highest BCUT2D eigenvalue weighted by Crippen LogP contribution is 2.49. The van der Waals surface area contributed by atoms with Crippen LogP contribution in [0, 0.1) is 0 Å². The Morgan fingerprint density at radius 3 is 2.50 bits per heavy atom. The molecule has 0 saturated carbocycles. The van der Waals surface area contributed by atoms with Crippen LogP contribution in [0.3, 0.4) is 0 Å². The highest BCUT2D eigenvalue weighted by atomic mass is 35.5. The third-order valence-corrected chi connectivity index (χ3v) is 7.26. The third-order valence-electron chi connectivity index (χ3n) is 3.40. The van der Waals surface area contributed by atoms with Crippen molar-refractivity contribution in [1.29, 1.82) is 0 Å². The summed E-state index contributed by atoms with van der Waals surface area (Å²) in [5.74, 6) is 0. The second-order valence-corrected chi connectivity index (χ2v) is 9.45. The van der Waals surface area contributed by atoms with Gasteiger partial charge in [0.1, 0.15) is 0 Å². The summed E-state index contributed by atoms with van der Waals surface area (Å²) in [6.45, 7) is 5.11. The van der Waals surface area contributed by atoms with Gasteiger partial charge in [0.05, 0.1) is 29.1 Å². The molecule has 1 heterocycles. The first-order valence-electron chi connectivity index (χ1n) is 7.42. The molecule has 0 radical (unpaired) electrons. The third kappa shape index (κ3) is 4.00. The molecule has 2 rings (SSSR count). The predicted octanol–water partition coefficient (Wildman–Crippen LogP) is 3.81. The Morgan fingerprint density at radius 2 is 1.92 bits per heavy atom. The monoisotopic (exact) mass is 395 g/mol. The molecule has 1 aliphatic heterocycles. The van der Waals surface area contributed by atoms with Crippen molar-refractivity contribution in [1.82, 2.24) is 0 Å². The Labute approximate surface area is 146 Å². The Bertz CT molecular complexity index is 784. The van der Waals surface area contributed by atoms with E-state index in [9.17, 15) is 13.0 Å². The number of nitrogens with zero attached hydrogens (tertiary/aromatic N) is 1. The lowest BCUT2D eigenvalue weighted by molar-refractivity contribution is 0.124. The topological polar surface area (TPSA) is 91.3 Å². The average Bonchev–Trinajstić information content (AvgIpc) is 2.50. The van der Waals surface area contributed by atoms with Gasteiger partial charge in [0, 0.05) is 17.0 Å². The van der Waals surface area contributed by atoms with E-state index in [0.717, 1.165) is 0 Å². The highest BCUT2D eigenvalue weighted by Gasteiger charge is 2.36. The van der Waals surface area contributed by atoms with E-state index in [1.165, 1.54) is 18.2 Å². The van der Waals surface area contributed by atoms with Gasteiger partial charge in [-0.2, -0.15) is 0 Å². The Kier molecular flexibility index (Phi) is 6.09. The van der Waals surface area contributed by atoms with Gasteiger partial charge >= 0.3 is 7.82 Å². The minimum Gasteiger partial charge on any atom is -0.292 e. The van der Waals surface area contributed by atoms with Crippen LogP contribution in [-0.4, -0.2) is 32.6 Å². The van der Waals surface area contributed by atoms with Crippen LogP contribution in [0.15, 0.2) is 28.3 Å². The van der Waals surface area contributed by atoms with E-state index in [0.29, 0.717) is 16.3 Å². The Morgan fingerprint density at radius 1 is 1.29 bits per heavy atom. The zero-order chi connectivity index (χ0) is 18.0. The SMILES string of the molecule is CCOP(=O)(OCC)O/N=C1\C[C@@H](C)S(=O)(=O)c2ccc(Cl)cc21. The molecule has 1 aromatic rings. The van der Waals surface area contributed by atoms with Crippen LogP contribution in [0.2, 0.25) is 5.02 Å². The van der Waals surface area contributed by atoms with Crippen molar-refractivity contribution in [3.63, 3.8) is 0 Å². The van der Waals surface area contributed by atoms with E-state index < -0.39 is 22.9 Å². The van der Waals surface area contributed by atoms with E-state index in [1.54, 1.807) is 20.8 Å². The first-order valence-corrected chi connectivity index (χ1v) is 10.8. The molecule has 0 bridgehead atoms. The molecule has 10 heteroatoms. The standard InChI is InChI=1S/C14H19ClNO6PS/c1-4-20-23(17,21-5-2)22-16-13-8-10(3)24(18,19)14-7-6-11(15)9-12(13)14/h6-7,9-10H,4-5,8H2,1-3H3/b16-13+/t10-/m1/s1. The van der Waals surface area contributed by atoms with E-state index in [4.69, 9.17) is 25.3 Å². The second-order valence-electron chi connectivity index (χ2n) is 5.10. The van der Waals surface area contributed by atoms with E-state index in [1.807, 2.05) is 0 Å². The fourth-order valence-corrected chi connectivity index (χ4v) is 4.99. The summed E-state index contributed by atoms with van der Waals surface area (Å²) in [6.07, 6.45) is 0.105. The summed E-state index contributed by atoms with van der Waals surface area (Å²) in [4.78, 5) is 0.121. The van der Waals surface area contributed by atoms with Crippen molar-refractivity contribution in [2.75, 3.05) is 13.2 Å². The number of rotatable bonds is 6. The maximum atomic E-state index is 12.4. The maximum Gasteiger partial charge on any atom is 0.550 e. The molecule has 134 valence electrons. The van der Waals surface area contributed by atoms with E-state index >= 15 is 0 Å². The molecule has 0 saturated heterocycles. The zero-order valence-corrected chi connectivity index (χ0v) is 16.0. The van der Waals surface area contributed by atoms with Gasteiger partial charge in [-0.1, -0.05) is 16.8 Å². The normalized spacial score (nSPS) is 21.5. The highest BCUT2D eigenvalue weighted by molar-refractivity contribution is 7.92. The average molecular weight is 396 g/mol. The Hall–Kier alpha value is -0.920. The lowest BCUT2D eigenvalue weighted by Gasteiger charge is -2.23. The molecule has 0 unspecified atom stereocenters. The molecule has 0 aliphatic carbocycles. The minimum absolute atomic E-state index is 0.105. The summed E-state index contributed by atoms with van der Waals surface area (Å²) >= 11 is 5.97. The largest absolute Gasteiger partial charge is 0.550 e. The van der Waals surface area contributed by atoms with Crippen molar-refractivity contribution >= 4 is 35.0 Å². The fourth-order valence-electron chi connectivity index (χ4n) is 2.27. The summed E-state index contributed by atoms with van der Waals surface area (Å²) in [6, 6.07) is 4.43. The van der Waals surface area contributed by atoms with Crippen LogP contribution in [0.4, 0.5) is 0 Å². The van der Waals surface area contributed by atoms with Crippen molar-refractivity contribution in [3.8, 4) is 0 Å². The Balaban J connectivity index is 2.44. The first-order chi connectivity index (χ1) is 11.2.